The lowest BCUT2D eigenvalue weighted by atomic mass is 10.1. The average Bonchev–Trinajstić information content (AvgIpc) is 2.85. The molecular formula is C23H25N3O5. The lowest BCUT2D eigenvalue weighted by Gasteiger charge is -2.23. The molecule has 3 rings (SSSR count). The highest BCUT2D eigenvalue weighted by Crippen LogP contribution is 2.33. The molecule has 0 aliphatic carbocycles. The number of amides is 2. The molecule has 31 heavy (non-hydrogen) atoms. The molecule has 1 aliphatic heterocycles. The number of carbonyl (C=O) groups excluding carboxylic acids is 3. The van der Waals surface area contributed by atoms with Crippen molar-refractivity contribution < 1.29 is 23.9 Å². The molecule has 0 bridgehead atoms. The van der Waals surface area contributed by atoms with Gasteiger partial charge >= 0.3 is 5.97 Å². The van der Waals surface area contributed by atoms with Gasteiger partial charge < -0.3 is 20.1 Å². The van der Waals surface area contributed by atoms with Gasteiger partial charge in [-0.2, -0.15) is 0 Å². The zero-order valence-electron chi connectivity index (χ0n) is 17.9. The number of carbonyl (C=O) groups is 3. The molecule has 0 unspecified atom stereocenters. The van der Waals surface area contributed by atoms with Crippen molar-refractivity contribution in [1.82, 2.24) is 0 Å². The molecule has 2 aromatic rings. The highest BCUT2D eigenvalue weighted by atomic mass is 16.5. The first-order chi connectivity index (χ1) is 14.8. The fourth-order valence-electron chi connectivity index (χ4n) is 3.21. The Hall–Kier alpha value is -3.81. The molecule has 2 N–H and O–H groups in total. The number of aryl methyl sites for hydroxylation is 2. The van der Waals surface area contributed by atoms with Crippen molar-refractivity contribution in [3.8, 4) is 5.75 Å². The predicted molar refractivity (Wildman–Crippen MR) is 118 cm³/mol. The Morgan fingerprint density at radius 3 is 2.55 bits per heavy atom. The lowest BCUT2D eigenvalue weighted by Crippen LogP contribution is -2.37. The van der Waals surface area contributed by atoms with Gasteiger partial charge in [-0.15, -0.1) is 0 Å². The fourth-order valence-corrected chi connectivity index (χ4v) is 3.21. The Labute approximate surface area is 180 Å². The number of rotatable bonds is 6. The summed E-state index contributed by atoms with van der Waals surface area (Å²) in [7, 11) is 2.83. The van der Waals surface area contributed by atoms with Crippen molar-refractivity contribution >= 4 is 34.8 Å². The Morgan fingerprint density at radius 2 is 1.84 bits per heavy atom. The van der Waals surface area contributed by atoms with E-state index < -0.39 is 11.9 Å². The minimum Gasteiger partial charge on any atom is -0.497 e. The smallest absolute Gasteiger partial charge is 0.311 e. The van der Waals surface area contributed by atoms with Gasteiger partial charge in [-0.1, -0.05) is 6.07 Å². The average molecular weight is 423 g/mol. The number of methoxy groups -OCH3 is 2. The van der Waals surface area contributed by atoms with E-state index in [1.165, 1.54) is 18.1 Å². The number of nitrogens with one attached hydrogen (secondary N) is 2. The van der Waals surface area contributed by atoms with Gasteiger partial charge in [0.25, 0.3) is 5.91 Å². The van der Waals surface area contributed by atoms with E-state index >= 15 is 0 Å². The molecular weight excluding hydrogens is 398 g/mol. The van der Waals surface area contributed by atoms with Gasteiger partial charge in [0.2, 0.25) is 5.91 Å². The standard InChI is InChI=1S/C23H25N3O5/c1-14-8-19-20(9-15(14)2)26(22(28)11-17(24-19)12-23(29)31-4)13-21(27)25-16-6-5-7-18(10-16)30-3/h5-11,24H,12-13H2,1-4H3,(H,25,27). The van der Waals surface area contributed by atoms with Crippen molar-refractivity contribution in [2.24, 2.45) is 0 Å². The summed E-state index contributed by atoms with van der Waals surface area (Å²) >= 11 is 0. The van der Waals surface area contributed by atoms with Gasteiger partial charge in [0.1, 0.15) is 12.3 Å². The van der Waals surface area contributed by atoms with Crippen molar-refractivity contribution in [1.29, 1.82) is 0 Å². The van der Waals surface area contributed by atoms with Crippen LogP contribution in [-0.2, 0) is 19.1 Å². The molecule has 0 fully saturated rings. The highest BCUT2D eigenvalue weighted by molar-refractivity contribution is 6.10. The number of benzene rings is 2. The molecule has 8 nitrogen and oxygen atoms in total. The zero-order valence-corrected chi connectivity index (χ0v) is 17.9. The maximum atomic E-state index is 13.0. The van der Waals surface area contributed by atoms with E-state index in [4.69, 9.17) is 9.47 Å². The summed E-state index contributed by atoms with van der Waals surface area (Å²) in [4.78, 5) is 38.9. The summed E-state index contributed by atoms with van der Waals surface area (Å²) in [5, 5.41) is 5.93. The van der Waals surface area contributed by atoms with E-state index in [1.54, 1.807) is 31.4 Å². The van der Waals surface area contributed by atoms with Crippen molar-refractivity contribution in [3.05, 3.63) is 59.3 Å². The molecule has 0 saturated heterocycles. The van der Waals surface area contributed by atoms with Crippen molar-refractivity contribution in [2.45, 2.75) is 20.3 Å². The van der Waals surface area contributed by atoms with Gasteiger partial charge in [-0.05, 0) is 49.2 Å². The minimum atomic E-state index is -0.471. The van der Waals surface area contributed by atoms with Gasteiger partial charge in [0.15, 0.2) is 0 Å². The number of anilines is 3. The second kappa shape index (κ2) is 9.34. The van der Waals surface area contributed by atoms with Crippen LogP contribution in [0.5, 0.6) is 5.75 Å². The molecule has 1 heterocycles. The Balaban J connectivity index is 1.90. The SMILES string of the molecule is COC(=O)CC1=CC(=O)N(CC(=O)Nc2cccc(OC)c2)c2cc(C)c(C)cc2N1. The Bertz CT molecular complexity index is 1060. The first kappa shape index (κ1) is 21.9. The molecule has 0 saturated carbocycles. The maximum absolute atomic E-state index is 13.0. The van der Waals surface area contributed by atoms with E-state index in [2.05, 4.69) is 10.6 Å². The number of hydrogen-bond donors (Lipinski definition) is 2. The minimum absolute atomic E-state index is 0.0849. The molecule has 2 aromatic carbocycles. The van der Waals surface area contributed by atoms with Crippen LogP contribution in [0, 0.1) is 13.8 Å². The van der Waals surface area contributed by atoms with E-state index in [1.807, 2.05) is 26.0 Å². The zero-order chi connectivity index (χ0) is 22.5. The van der Waals surface area contributed by atoms with Crippen molar-refractivity contribution in [3.63, 3.8) is 0 Å². The van der Waals surface area contributed by atoms with Crippen molar-refractivity contribution in [2.75, 3.05) is 36.3 Å². The van der Waals surface area contributed by atoms with Crippen LogP contribution in [0.2, 0.25) is 0 Å². The number of hydrogen-bond acceptors (Lipinski definition) is 6. The summed E-state index contributed by atoms with van der Waals surface area (Å²) in [5.41, 5.74) is 4.15. The second-order valence-corrected chi connectivity index (χ2v) is 7.21. The molecule has 2 amide bonds. The molecule has 8 heteroatoms. The summed E-state index contributed by atoms with van der Waals surface area (Å²) in [6.07, 6.45) is 1.23. The molecule has 0 spiro atoms. The summed E-state index contributed by atoms with van der Waals surface area (Å²) in [6.45, 7) is 3.69. The predicted octanol–water partition coefficient (Wildman–Crippen LogP) is 3.16. The number of nitrogens with zero attached hydrogens (tertiary/aromatic N) is 1. The maximum Gasteiger partial charge on any atom is 0.311 e. The topological polar surface area (TPSA) is 97.0 Å². The van der Waals surface area contributed by atoms with Gasteiger partial charge in [-0.25, -0.2) is 0 Å². The summed E-state index contributed by atoms with van der Waals surface area (Å²) in [6, 6.07) is 10.7. The Morgan fingerprint density at radius 1 is 1.10 bits per heavy atom. The first-order valence-corrected chi connectivity index (χ1v) is 9.71. The first-order valence-electron chi connectivity index (χ1n) is 9.71. The fraction of sp³-hybridized carbons (Fsp3) is 0.261. The van der Waals surface area contributed by atoms with Gasteiger partial charge in [-0.3, -0.25) is 19.3 Å². The third-order valence-corrected chi connectivity index (χ3v) is 4.98. The van der Waals surface area contributed by atoms with Gasteiger partial charge in [0.05, 0.1) is 32.0 Å². The third kappa shape index (κ3) is 5.22. The summed E-state index contributed by atoms with van der Waals surface area (Å²) < 4.78 is 9.89. The largest absolute Gasteiger partial charge is 0.497 e. The molecule has 1 aliphatic rings. The number of esters is 1. The molecule has 0 atom stereocenters. The van der Waals surface area contributed by atoms with E-state index in [-0.39, 0.29) is 18.9 Å². The van der Waals surface area contributed by atoms with Crippen LogP contribution in [0.3, 0.4) is 0 Å². The normalized spacial score (nSPS) is 12.8. The van der Waals surface area contributed by atoms with Crippen LogP contribution >= 0.6 is 0 Å². The van der Waals surface area contributed by atoms with E-state index in [9.17, 15) is 14.4 Å². The Kier molecular flexibility index (Phi) is 6.59. The van der Waals surface area contributed by atoms with Crippen LogP contribution in [0.25, 0.3) is 0 Å². The monoisotopic (exact) mass is 423 g/mol. The third-order valence-electron chi connectivity index (χ3n) is 4.98. The highest BCUT2D eigenvalue weighted by Gasteiger charge is 2.26. The van der Waals surface area contributed by atoms with Crippen LogP contribution in [0.4, 0.5) is 17.1 Å². The van der Waals surface area contributed by atoms with Crippen LogP contribution in [0.1, 0.15) is 17.5 Å². The van der Waals surface area contributed by atoms with E-state index in [0.29, 0.717) is 28.5 Å². The van der Waals surface area contributed by atoms with Crippen LogP contribution in [0.15, 0.2) is 48.2 Å². The number of ether oxygens (including phenoxy) is 2. The molecule has 0 radical (unpaired) electrons. The number of fused-ring (bicyclic) bond motifs is 1. The van der Waals surface area contributed by atoms with Gasteiger partial charge in [0, 0.05) is 23.5 Å². The molecule has 162 valence electrons. The molecule has 0 aromatic heterocycles. The quantitative estimate of drug-likeness (QED) is 0.693. The second-order valence-electron chi connectivity index (χ2n) is 7.21. The summed E-state index contributed by atoms with van der Waals surface area (Å²) in [5.74, 6) is -0.634. The van der Waals surface area contributed by atoms with E-state index in [0.717, 1.165) is 11.1 Å². The lowest BCUT2D eigenvalue weighted by molar-refractivity contribution is -0.139. The van der Waals surface area contributed by atoms with Crippen LogP contribution < -0.4 is 20.3 Å². The van der Waals surface area contributed by atoms with Crippen LogP contribution in [-0.4, -0.2) is 38.5 Å².